The Morgan fingerprint density at radius 2 is 1.83 bits per heavy atom. The second kappa shape index (κ2) is 4.25. The quantitative estimate of drug-likeness (QED) is 0.848. The van der Waals surface area contributed by atoms with Crippen LogP contribution >= 0.6 is 11.6 Å². The van der Waals surface area contributed by atoms with E-state index in [9.17, 15) is 4.79 Å². The monoisotopic (exact) mass is 266 g/mol. The van der Waals surface area contributed by atoms with Crippen molar-refractivity contribution in [3.8, 4) is 0 Å². The highest BCUT2D eigenvalue weighted by Gasteiger charge is 2.44. The fraction of sp³-hybridized carbons (Fsp3) is 0.500. The minimum atomic E-state index is -0.582. The number of halogens is 1. The molecule has 98 valence electrons. The van der Waals surface area contributed by atoms with Gasteiger partial charge in [0, 0.05) is 12.1 Å². The predicted octanol–water partition coefficient (Wildman–Crippen LogP) is 2.83. The fourth-order valence-electron chi connectivity index (χ4n) is 2.61. The van der Waals surface area contributed by atoms with E-state index in [-0.39, 0.29) is 11.4 Å². The highest BCUT2D eigenvalue weighted by Crippen LogP contribution is 2.31. The van der Waals surface area contributed by atoms with Gasteiger partial charge in [0.2, 0.25) is 5.91 Å². The lowest BCUT2D eigenvalue weighted by atomic mass is 9.90. The molecule has 0 unspecified atom stereocenters. The number of nitrogens with zero attached hydrogens (tertiary/aromatic N) is 1. The van der Waals surface area contributed by atoms with Gasteiger partial charge in [-0.05, 0) is 39.8 Å². The number of carbonyl (C=O) groups is 1. The molecule has 1 aromatic carbocycles. The van der Waals surface area contributed by atoms with Gasteiger partial charge in [-0.25, -0.2) is 0 Å². The molecule has 0 saturated carbocycles. The zero-order chi connectivity index (χ0) is 13.6. The third-order valence-electron chi connectivity index (χ3n) is 3.13. The van der Waals surface area contributed by atoms with Gasteiger partial charge in [-0.1, -0.05) is 23.7 Å². The van der Waals surface area contributed by atoms with Gasteiger partial charge in [-0.2, -0.15) is 0 Å². The summed E-state index contributed by atoms with van der Waals surface area (Å²) in [4.78, 5) is 14.3. The lowest BCUT2D eigenvalue weighted by molar-refractivity contribution is -0.126. The number of amides is 1. The zero-order valence-electron chi connectivity index (χ0n) is 11.2. The maximum atomic E-state index is 12.5. The molecule has 0 bridgehead atoms. The van der Waals surface area contributed by atoms with Gasteiger partial charge in [0.15, 0.2) is 0 Å². The molecule has 0 aliphatic carbocycles. The van der Waals surface area contributed by atoms with Gasteiger partial charge in [-0.15, -0.1) is 0 Å². The van der Waals surface area contributed by atoms with Crippen molar-refractivity contribution < 1.29 is 4.79 Å². The van der Waals surface area contributed by atoms with Gasteiger partial charge in [0.05, 0.1) is 16.2 Å². The Balaban J connectivity index is 2.44. The number of piperazine rings is 1. The Kier molecular flexibility index (Phi) is 3.16. The van der Waals surface area contributed by atoms with Crippen LogP contribution in [0.4, 0.5) is 5.69 Å². The highest BCUT2D eigenvalue weighted by molar-refractivity contribution is 6.34. The number of hydrogen-bond acceptors (Lipinski definition) is 2. The molecule has 3 nitrogen and oxygen atoms in total. The van der Waals surface area contributed by atoms with Crippen molar-refractivity contribution in [2.24, 2.45) is 0 Å². The topological polar surface area (TPSA) is 32.3 Å². The Morgan fingerprint density at radius 1 is 1.22 bits per heavy atom. The van der Waals surface area contributed by atoms with E-state index in [1.165, 1.54) is 0 Å². The Hall–Kier alpha value is -1.06. The van der Waals surface area contributed by atoms with Crippen molar-refractivity contribution in [3.63, 3.8) is 0 Å². The maximum absolute atomic E-state index is 12.5. The molecule has 1 aromatic rings. The minimum absolute atomic E-state index is 0.0509. The Bertz CT molecular complexity index is 482. The summed E-state index contributed by atoms with van der Waals surface area (Å²) >= 11 is 6.19. The van der Waals surface area contributed by atoms with Gasteiger partial charge in [0.1, 0.15) is 0 Å². The molecule has 1 N–H and O–H groups in total. The molecule has 0 radical (unpaired) electrons. The third kappa shape index (κ3) is 2.38. The highest BCUT2D eigenvalue weighted by atomic mass is 35.5. The van der Waals surface area contributed by atoms with E-state index in [2.05, 4.69) is 19.2 Å². The van der Waals surface area contributed by atoms with Gasteiger partial charge < -0.3 is 4.90 Å². The van der Waals surface area contributed by atoms with E-state index in [4.69, 9.17) is 11.6 Å². The fourth-order valence-corrected chi connectivity index (χ4v) is 2.85. The van der Waals surface area contributed by atoms with Crippen LogP contribution in [0.1, 0.15) is 27.7 Å². The number of rotatable bonds is 1. The molecule has 1 aliphatic heterocycles. The molecule has 1 aliphatic rings. The first-order valence-corrected chi connectivity index (χ1v) is 6.47. The van der Waals surface area contributed by atoms with Crippen LogP contribution in [-0.2, 0) is 4.79 Å². The second-order valence-electron chi connectivity index (χ2n) is 5.98. The van der Waals surface area contributed by atoms with Crippen molar-refractivity contribution in [2.45, 2.75) is 38.8 Å². The van der Waals surface area contributed by atoms with E-state index in [1.54, 1.807) is 4.90 Å². The van der Waals surface area contributed by atoms with Crippen LogP contribution < -0.4 is 10.2 Å². The number of benzene rings is 1. The number of anilines is 1. The zero-order valence-corrected chi connectivity index (χ0v) is 12.0. The van der Waals surface area contributed by atoms with E-state index in [0.717, 1.165) is 5.69 Å². The van der Waals surface area contributed by atoms with Crippen LogP contribution in [0.15, 0.2) is 24.3 Å². The van der Waals surface area contributed by atoms with E-state index in [1.807, 2.05) is 38.1 Å². The summed E-state index contributed by atoms with van der Waals surface area (Å²) in [5.74, 6) is 0.0509. The smallest absolute Gasteiger partial charge is 0.246 e. The molecular weight excluding hydrogens is 248 g/mol. The van der Waals surface area contributed by atoms with Crippen LogP contribution in [0.3, 0.4) is 0 Å². The SMILES string of the molecule is CC1(C)CN(c2ccccc2Cl)C(=O)C(C)(C)N1. The summed E-state index contributed by atoms with van der Waals surface area (Å²) in [7, 11) is 0. The number of para-hydroxylation sites is 1. The molecule has 18 heavy (non-hydrogen) atoms. The lowest BCUT2D eigenvalue weighted by Gasteiger charge is -2.47. The van der Waals surface area contributed by atoms with Crippen molar-refractivity contribution in [1.82, 2.24) is 5.32 Å². The van der Waals surface area contributed by atoms with Crippen LogP contribution in [0.5, 0.6) is 0 Å². The first-order valence-electron chi connectivity index (χ1n) is 6.09. The van der Waals surface area contributed by atoms with Crippen LogP contribution in [-0.4, -0.2) is 23.5 Å². The standard InChI is InChI=1S/C14H19ClN2O/c1-13(2)9-17(12(18)14(3,4)16-13)11-8-6-5-7-10(11)15/h5-8,16H,9H2,1-4H3. The van der Waals surface area contributed by atoms with E-state index < -0.39 is 5.54 Å². The molecule has 1 heterocycles. The average molecular weight is 267 g/mol. The first-order chi connectivity index (χ1) is 8.23. The maximum Gasteiger partial charge on any atom is 0.246 e. The molecule has 1 amide bonds. The summed E-state index contributed by atoms with van der Waals surface area (Å²) in [5.41, 5.74) is 0.0594. The molecule has 1 saturated heterocycles. The first kappa shape index (κ1) is 13.4. The summed E-state index contributed by atoms with van der Waals surface area (Å²) < 4.78 is 0. The third-order valence-corrected chi connectivity index (χ3v) is 3.45. The van der Waals surface area contributed by atoms with Crippen LogP contribution in [0.25, 0.3) is 0 Å². The Morgan fingerprint density at radius 3 is 2.44 bits per heavy atom. The average Bonchev–Trinajstić information content (AvgIpc) is 2.23. The van der Waals surface area contributed by atoms with E-state index in [0.29, 0.717) is 11.6 Å². The molecule has 2 rings (SSSR count). The van der Waals surface area contributed by atoms with Crippen LogP contribution in [0.2, 0.25) is 5.02 Å². The van der Waals surface area contributed by atoms with Crippen molar-refractivity contribution in [1.29, 1.82) is 0 Å². The summed E-state index contributed by atoms with van der Waals surface area (Å²) in [5, 5.41) is 3.98. The van der Waals surface area contributed by atoms with Crippen molar-refractivity contribution in [2.75, 3.05) is 11.4 Å². The van der Waals surface area contributed by atoms with Gasteiger partial charge >= 0.3 is 0 Å². The summed E-state index contributed by atoms with van der Waals surface area (Å²) in [6.07, 6.45) is 0. The number of carbonyl (C=O) groups excluding carboxylic acids is 1. The predicted molar refractivity (Wildman–Crippen MR) is 75.1 cm³/mol. The molecule has 1 fully saturated rings. The summed E-state index contributed by atoms with van der Waals surface area (Å²) in [6, 6.07) is 7.47. The summed E-state index contributed by atoms with van der Waals surface area (Å²) in [6.45, 7) is 8.59. The number of hydrogen-bond donors (Lipinski definition) is 1. The lowest BCUT2D eigenvalue weighted by Crippen LogP contribution is -2.70. The second-order valence-corrected chi connectivity index (χ2v) is 6.38. The normalized spacial score (nSPS) is 22.1. The van der Waals surface area contributed by atoms with Crippen molar-refractivity contribution in [3.05, 3.63) is 29.3 Å². The van der Waals surface area contributed by atoms with E-state index >= 15 is 0 Å². The number of nitrogens with one attached hydrogen (secondary N) is 1. The molecular formula is C14H19ClN2O. The molecule has 0 atom stereocenters. The van der Waals surface area contributed by atoms with Crippen LogP contribution in [0, 0.1) is 0 Å². The largest absolute Gasteiger partial charge is 0.308 e. The molecule has 0 aromatic heterocycles. The molecule has 0 spiro atoms. The van der Waals surface area contributed by atoms with Gasteiger partial charge in [0.25, 0.3) is 0 Å². The Labute approximate surface area is 113 Å². The molecule has 4 heteroatoms. The minimum Gasteiger partial charge on any atom is -0.308 e. The van der Waals surface area contributed by atoms with Gasteiger partial charge in [-0.3, -0.25) is 10.1 Å². The van der Waals surface area contributed by atoms with Crippen molar-refractivity contribution >= 4 is 23.2 Å².